The average molecular weight is 321 g/mol. The molecule has 0 aliphatic heterocycles. The Morgan fingerprint density at radius 3 is 2.50 bits per heavy atom. The van der Waals surface area contributed by atoms with Gasteiger partial charge in [-0.2, -0.15) is 0 Å². The second kappa shape index (κ2) is 6.70. The van der Waals surface area contributed by atoms with E-state index in [2.05, 4.69) is 4.72 Å². The van der Waals surface area contributed by atoms with Crippen LogP contribution < -0.4 is 14.2 Å². The highest BCUT2D eigenvalue weighted by atomic mass is 32.2. The van der Waals surface area contributed by atoms with Gasteiger partial charge in [-0.1, -0.05) is 18.2 Å². The lowest BCUT2D eigenvalue weighted by Crippen LogP contribution is -2.15. The van der Waals surface area contributed by atoms with E-state index in [4.69, 9.17) is 9.47 Å². The number of nitrogens with one attached hydrogen (secondary N) is 1. The van der Waals surface area contributed by atoms with E-state index in [9.17, 15) is 8.42 Å². The van der Waals surface area contributed by atoms with E-state index in [0.717, 1.165) is 5.56 Å². The maximum atomic E-state index is 12.6. The molecular weight excluding hydrogens is 302 g/mol. The lowest BCUT2D eigenvalue weighted by atomic mass is 10.2. The molecule has 0 saturated heterocycles. The summed E-state index contributed by atoms with van der Waals surface area (Å²) in [6, 6.07) is 11.8. The molecule has 2 aromatic carbocycles. The number of anilines is 1. The van der Waals surface area contributed by atoms with Crippen LogP contribution in [0.3, 0.4) is 0 Å². The Morgan fingerprint density at radius 2 is 1.82 bits per heavy atom. The summed E-state index contributed by atoms with van der Waals surface area (Å²) < 4.78 is 38.4. The summed E-state index contributed by atoms with van der Waals surface area (Å²) >= 11 is 0. The van der Waals surface area contributed by atoms with Gasteiger partial charge in [-0.3, -0.25) is 4.72 Å². The topological polar surface area (TPSA) is 64.6 Å². The molecule has 0 unspecified atom stereocenters. The largest absolute Gasteiger partial charge is 0.495 e. The lowest BCUT2D eigenvalue weighted by Gasteiger charge is -2.14. The van der Waals surface area contributed by atoms with Crippen molar-refractivity contribution in [3.05, 3.63) is 48.0 Å². The fourth-order valence-electron chi connectivity index (χ4n) is 2.03. The SMILES string of the molecule is CCOc1ccccc1NS(=O)(=O)c1ccc(C)cc1OC. The number of sulfonamides is 1. The third-order valence-corrected chi connectivity index (χ3v) is 4.44. The first-order valence-electron chi connectivity index (χ1n) is 6.87. The van der Waals surface area contributed by atoms with Crippen molar-refractivity contribution in [1.29, 1.82) is 0 Å². The van der Waals surface area contributed by atoms with E-state index in [-0.39, 0.29) is 4.90 Å². The molecule has 0 aliphatic carbocycles. The van der Waals surface area contributed by atoms with Gasteiger partial charge >= 0.3 is 0 Å². The summed E-state index contributed by atoms with van der Waals surface area (Å²) in [6.45, 7) is 4.16. The highest BCUT2D eigenvalue weighted by Crippen LogP contribution is 2.30. The highest BCUT2D eigenvalue weighted by molar-refractivity contribution is 7.92. The van der Waals surface area contributed by atoms with Crippen LogP contribution in [0.15, 0.2) is 47.4 Å². The van der Waals surface area contributed by atoms with Gasteiger partial charge in [-0.15, -0.1) is 0 Å². The molecule has 0 radical (unpaired) electrons. The summed E-state index contributed by atoms with van der Waals surface area (Å²) in [5, 5.41) is 0. The van der Waals surface area contributed by atoms with Crippen molar-refractivity contribution < 1.29 is 17.9 Å². The smallest absolute Gasteiger partial charge is 0.265 e. The zero-order chi connectivity index (χ0) is 16.2. The number of ether oxygens (including phenoxy) is 2. The van der Waals surface area contributed by atoms with Gasteiger partial charge in [-0.05, 0) is 43.7 Å². The molecular formula is C16H19NO4S. The monoisotopic (exact) mass is 321 g/mol. The van der Waals surface area contributed by atoms with Crippen molar-refractivity contribution in [3.8, 4) is 11.5 Å². The van der Waals surface area contributed by atoms with Gasteiger partial charge in [0.1, 0.15) is 16.4 Å². The van der Waals surface area contributed by atoms with E-state index in [1.165, 1.54) is 13.2 Å². The van der Waals surface area contributed by atoms with Gasteiger partial charge in [0.15, 0.2) is 0 Å². The van der Waals surface area contributed by atoms with Gasteiger partial charge in [0.25, 0.3) is 10.0 Å². The van der Waals surface area contributed by atoms with E-state index in [1.54, 1.807) is 36.4 Å². The number of aryl methyl sites for hydroxylation is 1. The zero-order valence-electron chi connectivity index (χ0n) is 12.8. The highest BCUT2D eigenvalue weighted by Gasteiger charge is 2.21. The van der Waals surface area contributed by atoms with E-state index < -0.39 is 10.0 Å². The van der Waals surface area contributed by atoms with Crippen LogP contribution in [0.1, 0.15) is 12.5 Å². The summed E-state index contributed by atoms with van der Waals surface area (Å²) in [5.74, 6) is 0.793. The third kappa shape index (κ3) is 3.51. The minimum absolute atomic E-state index is 0.0897. The Kier molecular flexibility index (Phi) is 4.92. The number of para-hydroxylation sites is 2. The number of rotatable bonds is 6. The Morgan fingerprint density at radius 1 is 1.09 bits per heavy atom. The molecule has 6 heteroatoms. The number of methoxy groups -OCH3 is 1. The molecule has 0 atom stereocenters. The molecule has 0 fully saturated rings. The van der Waals surface area contributed by atoms with Gasteiger partial charge in [0, 0.05) is 0 Å². The summed E-state index contributed by atoms with van der Waals surface area (Å²) in [7, 11) is -2.32. The second-order valence-corrected chi connectivity index (χ2v) is 6.34. The quantitative estimate of drug-likeness (QED) is 0.887. The van der Waals surface area contributed by atoms with Crippen molar-refractivity contribution in [1.82, 2.24) is 0 Å². The van der Waals surface area contributed by atoms with Crippen LogP contribution in [0.2, 0.25) is 0 Å². The van der Waals surface area contributed by atoms with E-state index in [1.807, 2.05) is 13.8 Å². The zero-order valence-corrected chi connectivity index (χ0v) is 13.6. The number of hydrogen-bond acceptors (Lipinski definition) is 4. The molecule has 0 heterocycles. The second-order valence-electron chi connectivity index (χ2n) is 4.69. The third-order valence-electron chi connectivity index (χ3n) is 3.04. The number of hydrogen-bond donors (Lipinski definition) is 1. The fourth-order valence-corrected chi connectivity index (χ4v) is 3.25. The Labute approximate surface area is 130 Å². The fraction of sp³-hybridized carbons (Fsp3) is 0.250. The van der Waals surface area contributed by atoms with Crippen molar-refractivity contribution in [2.75, 3.05) is 18.4 Å². The molecule has 2 rings (SSSR count). The first kappa shape index (κ1) is 16.2. The molecule has 5 nitrogen and oxygen atoms in total. The minimum atomic E-state index is -3.77. The standard InChI is InChI=1S/C16H19NO4S/c1-4-21-14-8-6-5-7-13(14)17-22(18,19)16-10-9-12(2)11-15(16)20-3/h5-11,17H,4H2,1-3H3. The molecule has 0 aromatic heterocycles. The van der Waals surface area contributed by atoms with E-state index >= 15 is 0 Å². The van der Waals surface area contributed by atoms with Crippen LogP contribution in [-0.4, -0.2) is 22.1 Å². The first-order valence-corrected chi connectivity index (χ1v) is 8.35. The molecule has 0 spiro atoms. The van der Waals surface area contributed by atoms with Crippen molar-refractivity contribution in [2.45, 2.75) is 18.7 Å². The average Bonchev–Trinajstić information content (AvgIpc) is 2.48. The normalized spacial score (nSPS) is 11.0. The van der Waals surface area contributed by atoms with Gasteiger partial charge < -0.3 is 9.47 Å². The van der Waals surface area contributed by atoms with Crippen LogP contribution in [0, 0.1) is 6.92 Å². The molecule has 2 aromatic rings. The summed E-state index contributed by atoms with van der Waals surface area (Å²) in [6.07, 6.45) is 0. The summed E-state index contributed by atoms with van der Waals surface area (Å²) in [4.78, 5) is 0.0897. The van der Waals surface area contributed by atoms with Gasteiger partial charge in [0.2, 0.25) is 0 Å². The maximum Gasteiger partial charge on any atom is 0.265 e. The Bertz CT molecular complexity index is 756. The Hall–Kier alpha value is -2.21. The Balaban J connectivity index is 2.40. The van der Waals surface area contributed by atoms with Crippen LogP contribution in [0.25, 0.3) is 0 Å². The van der Waals surface area contributed by atoms with Crippen molar-refractivity contribution in [3.63, 3.8) is 0 Å². The molecule has 118 valence electrons. The van der Waals surface area contributed by atoms with Crippen LogP contribution in [0.5, 0.6) is 11.5 Å². The molecule has 0 bridgehead atoms. The lowest BCUT2D eigenvalue weighted by molar-refractivity contribution is 0.342. The van der Waals surface area contributed by atoms with Crippen molar-refractivity contribution >= 4 is 15.7 Å². The van der Waals surface area contributed by atoms with Crippen LogP contribution >= 0.6 is 0 Å². The molecule has 0 saturated carbocycles. The first-order chi connectivity index (χ1) is 10.5. The minimum Gasteiger partial charge on any atom is -0.495 e. The van der Waals surface area contributed by atoms with Crippen molar-refractivity contribution in [2.24, 2.45) is 0 Å². The molecule has 22 heavy (non-hydrogen) atoms. The predicted molar refractivity (Wildman–Crippen MR) is 86.2 cm³/mol. The molecule has 0 aliphatic rings. The van der Waals surface area contributed by atoms with Gasteiger partial charge in [-0.25, -0.2) is 8.42 Å². The van der Waals surface area contributed by atoms with Crippen LogP contribution in [0.4, 0.5) is 5.69 Å². The number of benzene rings is 2. The summed E-state index contributed by atoms with van der Waals surface area (Å²) in [5.41, 5.74) is 1.32. The van der Waals surface area contributed by atoms with E-state index in [0.29, 0.717) is 23.8 Å². The van der Waals surface area contributed by atoms with Gasteiger partial charge in [0.05, 0.1) is 19.4 Å². The van der Waals surface area contributed by atoms with Crippen LogP contribution in [-0.2, 0) is 10.0 Å². The molecule has 0 amide bonds. The predicted octanol–water partition coefficient (Wildman–Crippen LogP) is 3.20. The maximum absolute atomic E-state index is 12.6. The molecule has 1 N–H and O–H groups in total.